The van der Waals surface area contributed by atoms with Crippen molar-refractivity contribution in [3.8, 4) is 0 Å². The lowest BCUT2D eigenvalue weighted by Gasteiger charge is -2.29. The lowest BCUT2D eigenvalue weighted by Crippen LogP contribution is -2.37. The number of benzene rings is 2. The molecule has 0 aromatic heterocycles. The Morgan fingerprint density at radius 1 is 1.12 bits per heavy atom. The van der Waals surface area contributed by atoms with E-state index in [1.165, 1.54) is 37.3 Å². The Morgan fingerprint density at radius 2 is 1.79 bits per heavy atom. The van der Waals surface area contributed by atoms with E-state index in [0.29, 0.717) is 5.56 Å². The van der Waals surface area contributed by atoms with Crippen molar-refractivity contribution in [2.24, 2.45) is 0 Å². The maximum atomic E-state index is 13.4. The van der Waals surface area contributed by atoms with Crippen LogP contribution < -0.4 is 4.31 Å². The number of carbonyl (C=O) groups is 2. The predicted molar refractivity (Wildman–Crippen MR) is 86.3 cm³/mol. The predicted octanol–water partition coefficient (Wildman–Crippen LogP) is 2.81. The highest BCUT2D eigenvalue weighted by Crippen LogP contribution is 2.32. The molecule has 1 aliphatic heterocycles. The van der Waals surface area contributed by atoms with Crippen LogP contribution in [-0.2, 0) is 10.0 Å². The first-order valence-electron chi connectivity index (χ1n) is 7.27. The molecule has 0 fully saturated rings. The number of rotatable bonds is 3. The summed E-state index contributed by atoms with van der Waals surface area (Å²) in [7, 11) is -3.91. The molecule has 0 bridgehead atoms. The quantitative estimate of drug-likeness (QED) is 0.801. The Bertz CT molecular complexity index is 936. The standard InChI is InChI=1S/C17H14FNO4S/c1-11(20)12-2-5-14(6-3-12)24(22,23)19-9-8-17(21)15-10-13(18)4-7-16(15)19/h2-7,10H,8-9H2,1H3. The van der Waals surface area contributed by atoms with E-state index in [4.69, 9.17) is 0 Å². The number of hydrogen-bond acceptors (Lipinski definition) is 4. The largest absolute Gasteiger partial charge is 0.295 e. The highest BCUT2D eigenvalue weighted by molar-refractivity contribution is 7.92. The number of carbonyl (C=O) groups excluding carboxylic acids is 2. The van der Waals surface area contributed by atoms with Crippen LogP contribution in [0.1, 0.15) is 34.1 Å². The fraction of sp³-hybridized carbons (Fsp3) is 0.176. The number of sulfonamides is 1. The van der Waals surface area contributed by atoms with Gasteiger partial charge >= 0.3 is 0 Å². The Balaban J connectivity index is 2.06. The molecule has 0 atom stereocenters. The van der Waals surface area contributed by atoms with Crippen LogP contribution in [0.2, 0.25) is 0 Å². The summed E-state index contributed by atoms with van der Waals surface area (Å²) in [5.74, 6) is -1.04. The summed E-state index contributed by atoms with van der Waals surface area (Å²) in [6.07, 6.45) is -0.0127. The molecule has 0 saturated carbocycles. The number of anilines is 1. The van der Waals surface area contributed by atoms with E-state index in [-0.39, 0.29) is 40.7 Å². The number of nitrogens with zero attached hydrogens (tertiary/aromatic N) is 1. The molecule has 3 rings (SSSR count). The van der Waals surface area contributed by atoms with Crippen LogP contribution in [0.5, 0.6) is 0 Å². The van der Waals surface area contributed by atoms with Crippen LogP contribution in [0, 0.1) is 5.82 Å². The third-order valence-electron chi connectivity index (χ3n) is 3.92. The molecule has 0 aliphatic carbocycles. The Hall–Kier alpha value is -2.54. The van der Waals surface area contributed by atoms with Crippen LogP contribution in [0.25, 0.3) is 0 Å². The second-order valence-electron chi connectivity index (χ2n) is 5.49. The summed E-state index contributed by atoms with van der Waals surface area (Å²) in [5, 5.41) is 0. The van der Waals surface area contributed by atoms with Crippen molar-refractivity contribution in [3.05, 3.63) is 59.4 Å². The number of ketones is 2. The molecule has 124 valence electrons. The molecule has 1 aliphatic rings. The van der Waals surface area contributed by atoms with E-state index in [0.717, 1.165) is 16.4 Å². The minimum Gasteiger partial charge on any atom is -0.295 e. The summed E-state index contributed by atoms with van der Waals surface area (Å²) in [6, 6.07) is 9.06. The average Bonchev–Trinajstić information content (AvgIpc) is 2.55. The molecular weight excluding hydrogens is 333 g/mol. The lowest BCUT2D eigenvalue weighted by atomic mass is 10.0. The summed E-state index contributed by atoms with van der Waals surface area (Å²) < 4.78 is 40.2. The third-order valence-corrected chi connectivity index (χ3v) is 5.75. The van der Waals surface area contributed by atoms with Crippen LogP contribution in [0.15, 0.2) is 47.4 Å². The topological polar surface area (TPSA) is 71.5 Å². The maximum Gasteiger partial charge on any atom is 0.264 e. The van der Waals surface area contributed by atoms with Gasteiger partial charge in [0.2, 0.25) is 0 Å². The second-order valence-corrected chi connectivity index (χ2v) is 7.35. The van der Waals surface area contributed by atoms with Crippen LogP contribution in [0.4, 0.5) is 10.1 Å². The van der Waals surface area contributed by atoms with Gasteiger partial charge in [-0.15, -0.1) is 0 Å². The molecule has 2 aromatic rings. The molecule has 0 radical (unpaired) electrons. The second kappa shape index (κ2) is 5.83. The highest BCUT2D eigenvalue weighted by Gasteiger charge is 2.32. The van der Waals surface area contributed by atoms with E-state index >= 15 is 0 Å². The fourth-order valence-corrected chi connectivity index (χ4v) is 4.13. The van der Waals surface area contributed by atoms with Gasteiger partial charge in [0.05, 0.1) is 10.6 Å². The van der Waals surface area contributed by atoms with Crippen molar-refractivity contribution in [2.75, 3.05) is 10.8 Å². The van der Waals surface area contributed by atoms with E-state index in [9.17, 15) is 22.4 Å². The molecule has 2 aromatic carbocycles. The van der Waals surface area contributed by atoms with Gasteiger partial charge in [0.1, 0.15) is 5.82 Å². The Morgan fingerprint density at radius 3 is 2.42 bits per heavy atom. The SMILES string of the molecule is CC(=O)c1ccc(S(=O)(=O)N2CCC(=O)c3cc(F)ccc32)cc1. The Labute approximate surface area is 138 Å². The van der Waals surface area contributed by atoms with Gasteiger partial charge in [-0.1, -0.05) is 12.1 Å². The van der Waals surface area contributed by atoms with Crippen molar-refractivity contribution < 1.29 is 22.4 Å². The molecule has 0 spiro atoms. The van der Waals surface area contributed by atoms with Crippen molar-refractivity contribution in [1.29, 1.82) is 0 Å². The smallest absolute Gasteiger partial charge is 0.264 e. The van der Waals surface area contributed by atoms with Gasteiger partial charge in [-0.2, -0.15) is 0 Å². The van der Waals surface area contributed by atoms with Gasteiger partial charge in [0, 0.05) is 24.1 Å². The monoisotopic (exact) mass is 347 g/mol. The van der Waals surface area contributed by atoms with E-state index in [1.807, 2.05) is 0 Å². The molecule has 0 unspecified atom stereocenters. The number of Topliss-reactive ketones (excluding diaryl/α,β-unsaturated/α-hetero) is 2. The molecule has 24 heavy (non-hydrogen) atoms. The summed E-state index contributed by atoms with van der Waals surface area (Å²) in [4.78, 5) is 23.3. The zero-order chi connectivity index (χ0) is 17.5. The normalized spacial score (nSPS) is 14.4. The molecular formula is C17H14FNO4S. The van der Waals surface area contributed by atoms with Crippen LogP contribution >= 0.6 is 0 Å². The minimum absolute atomic E-state index is 0.00570. The summed E-state index contributed by atoms with van der Waals surface area (Å²) >= 11 is 0. The zero-order valence-corrected chi connectivity index (χ0v) is 13.6. The van der Waals surface area contributed by atoms with Gasteiger partial charge in [-0.05, 0) is 37.3 Å². The third kappa shape index (κ3) is 2.71. The van der Waals surface area contributed by atoms with Gasteiger partial charge in [0.15, 0.2) is 11.6 Å². The zero-order valence-electron chi connectivity index (χ0n) is 12.8. The molecule has 0 amide bonds. The maximum absolute atomic E-state index is 13.4. The first-order chi connectivity index (χ1) is 11.3. The first kappa shape index (κ1) is 16.3. The van der Waals surface area contributed by atoms with Crippen molar-refractivity contribution in [3.63, 3.8) is 0 Å². The molecule has 1 heterocycles. The Kier molecular flexibility index (Phi) is 3.96. The minimum atomic E-state index is -3.91. The fourth-order valence-electron chi connectivity index (χ4n) is 2.65. The first-order valence-corrected chi connectivity index (χ1v) is 8.71. The van der Waals surface area contributed by atoms with E-state index in [2.05, 4.69) is 0 Å². The molecule has 0 saturated heterocycles. The van der Waals surface area contributed by atoms with E-state index in [1.54, 1.807) is 0 Å². The molecule has 5 nitrogen and oxygen atoms in total. The van der Waals surface area contributed by atoms with Gasteiger partial charge in [0.25, 0.3) is 10.0 Å². The lowest BCUT2D eigenvalue weighted by molar-refractivity contribution is 0.0979. The summed E-state index contributed by atoms with van der Waals surface area (Å²) in [6.45, 7) is 1.39. The summed E-state index contributed by atoms with van der Waals surface area (Å²) in [5.41, 5.74) is 0.638. The van der Waals surface area contributed by atoms with Gasteiger partial charge in [-0.25, -0.2) is 12.8 Å². The highest BCUT2D eigenvalue weighted by atomic mass is 32.2. The van der Waals surface area contributed by atoms with Crippen LogP contribution in [0.3, 0.4) is 0 Å². The molecule has 0 N–H and O–H groups in total. The number of hydrogen-bond donors (Lipinski definition) is 0. The number of halogens is 1. The average molecular weight is 347 g/mol. The van der Waals surface area contributed by atoms with Crippen molar-refractivity contribution in [2.45, 2.75) is 18.2 Å². The number of fused-ring (bicyclic) bond motifs is 1. The van der Waals surface area contributed by atoms with E-state index < -0.39 is 15.8 Å². The molecule has 7 heteroatoms. The van der Waals surface area contributed by atoms with Gasteiger partial charge < -0.3 is 0 Å². The van der Waals surface area contributed by atoms with Crippen molar-refractivity contribution >= 4 is 27.3 Å². The van der Waals surface area contributed by atoms with Crippen LogP contribution in [-0.4, -0.2) is 26.5 Å². The van der Waals surface area contributed by atoms with Crippen molar-refractivity contribution in [1.82, 2.24) is 0 Å². The van der Waals surface area contributed by atoms with Gasteiger partial charge in [-0.3, -0.25) is 13.9 Å².